The van der Waals surface area contributed by atoms with E-state index in [9.17, 15) is 0 Å². The molecule has 0 amide bonds. The predicted octanol–water partition coefficient (Wildman–Crippen LogP) is 2.66. The first-order chi connectivity index (χ1) is 13.2. The molecule has 6 nitrogen and oxygen atoms in total. The van der Waals surface area contributed by atoms with Crippen LogP contribution in [0, 0.1) is 0 Å². The van der Waals surface area contributed by atoms with Crippen molar-refractivity contribution in [3.05, 3.63) is 83.5 Å². The zero-order valence-corrected chi connectivity index (χ0v) is 15.8. The summed E-state index contributed by atoms with van der Waals surface area (Å²) < 4.78 is 5.15. The molecule has 27 heavy (non-hydrogen) atoms. The summed E-state index contributed by atoms with van der Waals surface area (Å²) in [5, 5.41) is 4.04. The van der Waals surface area contributed by atoms with Gasteiger partial charge >= 0.3 is 0 Å². The highest BCUT2D eigenvalue weighted by molar-refractivity contribution is 5.15. The average Bonchev–Trinajstić information content (AvgIpc) is 3.15. The average molecular weight is 365 g/mol. The Bertz CT molecular complexity index is 791. The quantitative estimate of drug-likeness (QED) is 0.596. The topological polar surface area (TPSA) is 71.4 Å². The van der Waals surface area contributed by atoms with E-state index in [1.54, 1.807) is 0 Å². The SMILES string of the molecule is CN(CCN(Cc1ccccc1)Cc1noc(CN)n1)Cc1ccccc1. The zero-order chi connectivity index (χ0) is 18.9. The van der Waals surface area contributed by atoms with Crippen LogP contribution < -0.4 is 5.73 Å². The second-order valence-electron chi connectivity index (χ2n) is 6.73. The lowest BCUT2D eigenvalue weighted by molar-refractivity contribution is 0.202. The number of likely N-dealkylation sites (N-methyl/N-ethyl adjacent to an activating group) is 1. The Labute approximate surface area is 160 Å². The highest BCUT2D eigenvalue weighted by atomic mass is 16.5. The van der Waals surface area contributed by atoms with Crippen molar-refractivity contribution < 1.29 is 4.52 Å². The Kier molecular flexibility index (Phi) is 7.10. The minimum absolute atomic E-state index is 0.269. The summed E-state index contributed by atoms with van der Waals surface area (Å²) in [5.74, 6) is 1.16. The number of nitrogens with two attached hydrogens (primary N) is 1. The van der Waals surface area contributed by atoms with Gasteiger partial charge < -0.3 is 15.2 Å². The van der Waals surface area contributed by atoms with Crippen molar-refractivity contribution in [2.24, 2.45) is 5.73 Å². The molecule has 0 saturated heterocycles. The van der Waals surface area contributed by atoms with Gasteiger partial charge in [0.25, 0.3) is 0 Å². The first kappa shape index (κ1) is 19.2. The van der Waals surface area contributed by atoms with Crippen LogP contribution in [-0.2, 0) is 26.2 Å². The van der Waals surface area contributed by atoms with Gasteiger partial charge in [-0.25, -0.2) is 0 Å². The van der Waals surface area contributed by atoms with Crippen LogP contribution in [0.1, 0.15) is 22.8 Å². The van der Waals surface area contributed by atoms with Gasteiger partial charge in [0.05, 0.1) is 13.1 Å². The molecule has 6 heteroatoms. The number of hydrogen-bond donors (Lipinski definition) is 1. The number of aromatic nitrogens is 2. The van der Waals surface area contributed by atoms with Crippen LogP contribution in [0.2, 0.25) is 0 Å². The van der Waals surface area contributed by atoms with Gasteiger partial charge in [0.2, 0.25) is 5.89 Å². The molecule has 3 rings (SSSR count). The Morgan fingerprint density at radius 1 is 0.852 bits per heavy atom. The summed E-state index contributed by atoms with van der Waals surface area (Å²) in [4.78, 5) is 9.01. The summed E-state index contributed by atoms with van der Waals surface area (Å²) in [6, 6.07) is 21.0. The lowest BCUT2D eigenvalue weighted by Gasteiger charge is -2.24. The van der Waals surface area contributed by atoms with Crippen LogP contribution in [0.4, 0.5) is 0 Å². The smallest absolute Gasteiger partial charge is 0.240 e. The molecule has 0 aliphatic carbocycles. The zero-order valence-electron chi connectivity index (χ0n) is 15.8. The first-order valence-corrected chi connectivity index (χ1v) is 9.23. The Morgan fingerprint density at radius 3 is 2.07 bits per heavy atom. The molecule has 2 N–H and O–H groups in total. The maximum absolute atomic E-state index is 5.57. The minimum Gasteiger partial charge on any atom is -0.338 e. The van der Waals surface area contributed by atoms with E-state index in [0.717, 1.165) is 26.2 Å². The van der Waals surface area contributed by atoms with Crippen molar-refractivity contribution in [3.8, 4) is 0 Å². The van der Waals surface area contributed by atoms with Crippen molar-refractivity contribution in [3.63, 3.8) is 0 Å². The molecule has 0 spiro atoms. The van der Waals surface area contributed by atoms with Crippen LogP contribution in [-0.4, -0.2) is 40.1 Å². The molecule has 0 bridgehead atoms. The molecule has 0 fully saturated rings. The molecular weight excluding hydrogens is 338 g/mol. The van der Waals surface area contributed by atoms with E-state index in [1.165, 1.54) is 11.1 Å². The number of hydrogen-bond acceptors (Lipinski definition) is 6. The molecule has 3 aromatic rings. The third-order valence-electron chi connectivity index (χ3n) is 4.39. The summed E-state index contributed by atoms with van der Waals surface area (Å²) >= 11 is 0. The highest BCUT2D eigenvalue weighted by Gasteiger charge is 2.13. The van der Waals surface area contributed by atoms with E-state index in [4.69, 9.17) is 10.3 Å². The molecule has 2 aromatic carbocycles. The van der Waals surface area contributed by atoms with Crippen molar-refractivity contribution in [1.29, 1.82) is 0 Å². The van der Waals surface area contributed by atoms with Gasteiger partial charge in [0.15, 0.2) is 5.82 Å². The van der Waals surface area contributed by atoms with Crippen molar-refractivity contribution >= 4 is 0 Å². The van der Waals surface area contributed by atoms with Gasteiger partial charge in [-0.15, -0.1) is 0 Å². The first-order valence-electron chi connectivity index (χ1n) is 9.23. The maximum Gasteiger partial charge on any atom is 0.240 e. The van der Waals surface area contributed by atoms with E-state index in [0.29, 0.717) is 18.3 Å². The molecule has 0 unspecified atom stereocenters. The van der Waals surface area contributed by atoms with E-state index in [-0.39, 0.29) is 6.54 Å². The third-order valence-corrected chi connectivity index (χ3v) is 4.39. The van der Waals surface area contributed by atoms with Crippen LogP contribution in [0.25, 0.3) is 0 Å². The normalized spacial score (nSPS) is 11.4. The molecule has 0 aliphatic rings. The Morgan fingerprint density at radius 2 is 1.48 bits per heavy atom. The monoisotopic (exact) mass is 365 g/mol. The van der Waals surface area contributed by atoms with Crippen molar-refractivity contribution in [2.75, 3.05) is 20.1 Å². The van der Waals surface area contributed by atoms with E-state index >= 15 is 0 Å². The fraction of sp³-hybridized carbons (Fsp3) is 0.333. The predicted molar refractivity (Wildman–Crippen MR) is 106 cm³/mol. The second-order valence-corrected chi connectivity index (χ2v) is 6.73. The van der Waals surface area contributed by atoms with Gasteiger partial charge in [0.1, 0.15) is 0 Å². The molecular formula is C21H27N5O. The van der Waals surface area contributed by atoms with Crippen molar-refractivity contribution in [2.45, 2.75) is 26.2 Å². The Hall–Kier alpha value is -2.54. The number of rotatable bonds is 10. The summed E-state index contributed by atoms with van der Waals surface area (Å²) in [6.07, 6.45) is 0. The van der Waals surface area contributed by atoms with E-state index in [2.05, 4.69) is 75.5 Å². The lowest BCUT2D eigenvalue weighted by Crippen LogP contribution is -2.32. The van der Waals surface area contributed by atoms with Gasteiger partial charge in [-0.05, 0) is 18.2 Å². The molecule has 0 atom stereocenters. The largest absolute Gasteiger partial charge is 0.338 e. The summed E-state index contributed by atoms with van der Waals surface area (Å²) in [6.45, 7) is 4.53. The number of benzene rings is 2. The van der Waals surface area contributed by atoms with Gasteiger partial charge in [-0.2, -0.15) is 4.98 Å². The van der Waals surface area contributed by atoms with Gasteiger partial charge in [-0.1, -0.05) is 65.8 Å². The van der Waals surface area contributed by atoms with E-state index < -0.39 is 0 Å². The molecule has 0 radical (unpaired) electrons. The minimum atomic E-state index is 0.269. The fourth-order valence-corrected chi connectivity index (χ4v) is 2.98. The van der Waals surface area contributed by atoms with Crippen LogP contribution in [0.15, 0.2) is 65.2 Å². The van der Waals surface area contributed by atoms with E-state index in [1.807, 2.05) is 12.1 Å². The van der Waals surface area contributed by atoms with Crippen molar-refractivity contribution in [1.82, 2.24) is 19.9 Å². The highest BCUT2D eigenvalue weighted by Crippen LogP contribution is 2.09. The molecule has 0 saturated carbocycles. The molecule has 1 heterocycles. The summed E-state index contributed by atoms with van der Waals surface area (Å²) in [5.41, 5.74) is 8.16. The van der Waals surface area contributed by atoms with Gasteiger partial charge in [-0.3, -0.25) is 4.90 Å². The van der Waals surface area contributed by atoms with Crippen LogP contribution >= 0.6 is 0 Å². The standard InChI is InChI=1S/C21H27N5O/c1-25(15-18-8-4-2-5-9-18)12-13-26(16-19-10-6-3-7-11-19)17-20-23-21(14-22)27-24-20/h2-11H,12-17,22H2,1H3. The molecule has 142 valence electrons. The molecule has 1 aromatic heterocycles. The Balaban J connectivity index is 1.60. The maximum atomic E-state index is 5.57. The van der Waals surface area contributed by atoms with Crippen LogP contribution in [0.3, 0.4) is 0 Å². The second kappa shape index (κ2) is 9.97. The number of nitrogens with zero attached hydrogens (tertiary/aromatic N) is 4. The molecule has 0 aliphatic heterocycles. The van der Waals surface area contributed by atoms with Gasteiger partial charge in [0, 0.05) is 26.2 Å². The fourth-order valence-electron chi connectivity index (χ4n) is 2.98. The summed E-state index contributed by atoms with van der Waals surface area (Å²) in [7, 11) is 2.15. The van der Waals surface area contributed by atoms with Crippen LogP contribution in [0.5, 0.6) is 0 Å². The third kappa shape index (κ3) is 6.29. The lowest BCUT2D eigenvalue weighted by atomic mass is 10.2.